The van der Waals surface area contributed by atoms with E-state index in [4.69, 9.17) is 0 Å². The van der Waals surface area contributed by atoms with Crippen molar-refractivity contribution in [3.8, 4) is 0 Å². The van der Waals surface area contributed by atoms with E-state index in [9.17, 15) is 4.79 Å². The zero-order chi connectivity index (χ0) is 19.3. The molecule has 0 fully saturated rings. The summed E-state index contributed by atoms with van der Waals surface area (Å²) in [6.07, 6.45) is 5.29. The highest BCUT2D eigenvalue weighted by Crippen LogP contribution is 2.26. The maximum Gasteiger partial charge on any atom is 0.227 e. The fraction of sp³-hybridized carbons (Fsp3) is 0.269. The van der Waals surface area contributed by atoms with Crippen molar-refractivity contribution in [3.63, 3.8) is 0 Å². The molecule has 0 aliphatic heterocycles. The minimum Gasteiger partial charge on any atom is -0.315 e. The van der Waals surface area contributed by atoms with E-state index in [0.717, 1.165) is 37.8 Å². The van der Waals surface area contributed by atoms with Gasteiger partial charge in [0.05, 0.1) is 0 Å². The van der Waals surface area contributed by atoms with E-state index < -0.39 is 0 Å². The van der Waals surface area contributed by atoms with Crippen LogP contribution < -0.4 is 4.90 Å². The van der Waals surface area contributed by atoms with E-state index in [0.29, 0.717) is 6.42 Å². The van der Waals surface area contributed by atoms with Crippen LogP contribution in [0.3, 0.4) is 0 Å². The first kappa shape index (κ1) is 18.5. The number of anilines is 1. The number of carbonyl (C=O) groups excluding carboxylic acids is 1. The van der Waals surface area contributed by atoms with Crippen molar-refractivity contribution in [2.75, 3.05) is 11.9 Å². The second-order valence-corrected chi connectivity index (χ2v) is 7.72. The number of hydrogen-bond acceptors (Lipinski definition) is 1. The number of carbonyl (C=O) groups is 1. The topological polar surface area (TPSA) is 20.3 Å². The lowest BCUT2D eigenvalue weighted by atomic mass is 9.95. The van der Waals surface area contributed by atoms with Crippen LogP contribution in [0.15, 0.2) is 72.8 Å². The van der Waals surface area contributed by atoms with Crippen LogP contribution in [0.5, 0.6) is 0 Å². The molecule has 2 nitrogen and oxygen atoms in total. The highest BCUT2D eigenvalue weighted by atomic mass is 16.2. The summed E-state index contributed by atoms with van der Waals surface area (Å²) in [7, 11) is 1.93. The molecule has 0 heterocycles. The van der Waals surface area contributed by atoms with Crippen LogP contribution in [0.25, 0.3) is 0 Å². The van der Waals surface area contributed by atoms with Crippen molar-refractivity contribution >= 4 is 11.6 Å². The lowest BCUT2D eigenvalue weighted by Crippen LogP contribution is -2.27. The van der Waals surface area contributed by atoms with Gasteiger partial charge >= 0.3 is 0 Å². The second kappa shape index (κ2) is 8.43. The molecule has 1 amide bonds. The Bertz CT molecular complexity index is 944. The molecule has 0 saturated carbocycles. The largest absolute Gasteiger partial charge is 0.315 e. The molecule has 0 spiro atoms. The molecule has 4 aliphatic rings. The summed E-state index contributed by atoms with van der Waals surface area (Å²) in [5.74, 6) is 0.178. The van der Waals surface area contributed by atoms with Gasteiger partial charge in [-0.1, -0.05) is 66.7 Å². The third kappa shape index (κ3) is 4.33. The van der Waals surface area contributed by atoms with Gasteiger partial charge in [-0.15, -0.1) is 0 Å². The number of amides is 1. The fourth-order valence-corrected chi connectivity index (χ4v) is 3.93. The molecule has 0 atom stereocenters. The standard InChI is InChI=1S/C26H27NO/c1-27(26(28)18-15-20-5-3-2-4-6-20)25-19-23-12-11-21-7-9-22(10-8-21)13-16-24(25)17-14-23/h2-10,14,17,19H,11-13,15-16,18H2,1H3. The summed E-state index contributed by atoms with van der Waals surface area (Å²) < 4.78 is 0. The molecule has 4 aliphatic carbocycles. The number of hydrogen-bond donors (Lipinski definition) is 0. The van der Waals surface area contributed by atoms with Crippen molar-refractivity contribution in [3.05, 3.63) is 101 Å². The minimum atomic E-state index is 0.178. The summed E-state index contributed by atoms with van der Waals surface area (Å²) in [6, 6.07) is 25.9. The predicted octanol–water partition coefficient (Wildman–Crippen LogP) is 5.17. The average Bonchev–Trinajstić information content (AvgIpc) is 2.74. The van der Waals surface area contributed by atoms with Crippen LogP contribution in [-0.4, -0.2) is 13.0 Å². The van der Waals surface area contributed by atoms with Crippen molar-refractivity contribution < 1.29 is 4.79 Å². The molecule has 2 heteroatoms. The number of nitrogens with zero attached hydrogens (tertiary/aromatic N) is 1. The Balaban J connectivity index is 1.54. The first-order chi connectivity index (χ1) is 13.7. The molecule has 4 bridgehead atoms. The minimum absolute atomic E-state index is 0.178. The Morgan fingerprint density at radius 1 is 0.786 bits per heavy atom. The molecule has 0 saturated heterocycles. The van der Waals surface area contributed by atoms with Gasteiger partial charge in [0.2, 0.25) is 5.91 Å². The van der Waals surface area contributed by atoms with Crippen molar-refractivity contribution in [1.29, 1.82) is 0 Å². The Labute approximate surface area is 167 Å². The highest BCUT2D eigenvalue weighted by Gasteiger charge is 2.16. The molecule has 142 valence electrons. The summed E-state index contributed by atoms with van der Waals surface area (Å²) in [4.78, 5) is 14.8. The molecule has 0 N–H and O–H groups in total. The Kier molecular flexibility index (Phi) is 5.57. The van der Waals surface area contributed by atoms with Gasteiger partial charge in [0.25, 0.3) is 0 Å². The first-order valence-corrected chi connectivity index (χ1v) is 10.2. The third-order valence-corrected chi connectivity index (χ3v) is 5.76. The zero-order valence-electron chi connectivity index (χ0n) is 16.5. The van der Waals surface area contributed by atoms with Gasteiger partial charge in [0.1, 0.15) is 0 Å². The molecule has 28 heavy (non-hydrogen) atoms. The van der Waals surface area contributed by atoms with Crippen molar-refractivity contribution in [1.82, 2.24) is 0 Å². The number of benzene rings is 3. The fourth-order valence-electron chi connectivity index (χ4n) is 3.93. The molecular weight excluding hydrogens is 342 g/mol. The van der Waals surface area contributed by atoms with Crippen molar-refractivity contribution in [2.24, 2.45) is 0 Å². The zero-order valence-corrected chi connectivity index (χ0v) is 16.5. The van der Waals surface area contributed by atoms with Crippen LogP contribution in [0.2, 0.25) is 0 Å². The summed E-state index contributed by atoms with van der Waals surface area (Å²) in [6.45, 7) is 0. The molecular formula is C26H27NO. The summed E-state index contributed by atoms with van der Waals surface area (Å²) in [5.41, 5.74) is 7.57. The smallest absolute Gasteiger partial charge is 0.227 e. The monoisotopic (exact) mass is 369 g/mol. The third-order valence-electron chi connectivity index (χ3n) is 5.76. The molecule has 3 aromatic carbocycles. The van der Waals surface area contributed by atoms with Crippen LogP contribution in [0.1, 0.15) is 34.2 Å². The van der Waals surface area contributed by atoms with E-state index in [-0.39, 0.29) is 5.91 Å². The number of rotatable bonds is 4. The molecule has 3 aromatic rings. The molecule has 7 rings (SSSR count). The van der Waals surface area contributed by atoms with Gasteiger partial charge < -0.3 is 4.90 Å². The number of aryl methyl sites for hydroxylation is 5. The lowest BCUT2D eigenvalue weighted by molar-refractivity contribution is -0.118. The molecule has 0 unspecified atom stereocenters. The maximum absolute atomic E-state index is 12.9. The average molecular weight is 370 g/mol. The molecule has 0 aromatic heterocycles. The predicted molar refractivity (Wildman–Crippen MR) is 116 cm³/mol. The normalized spacial score (nSPS) is 13.0. The lowest BCUT2D eigenvalue weighted by Gasteiger charge is -2.23. The van der Waals surface area contributed by atoms with Gasteiger partial charge in [-0.2, -0.15) is 0 Å². The second-order valence-electron chi connectivity index (χ2n) is 7.72. The SMILES string of the molecule is CN(C(=O)CCc1ccccc1)c1cc2ccc1CCc1ccc(cc1)CC2. The van der Waals surface area contributed by atoms with E-state index in [1.807, 2.05) is 30.1 Å². The van der Waals surface area contributed by atoms with Crippen LogP contribution in [-0.2, 0) is 36.9 Å². The summed E-state index contributed by atoms with van der Waals surface area (Å²) in [5, 5.41) is 0. The van der Waals surface area contributed by atoms with Crippen LogP contribution in [0.4, 0.5) is 5.69 Å². The van der Waals surface area contributed by atoms with E-state index in [1.54, 1.807) is 0 Å². The summed E-state index contributed by atoms with van der Waals surface area (Å²) >= 11 is 0. The van der Waals surface area contributed by atoms with Gasteiger partial charge in [-0.05, 0) is 66.0 Å². The quantitative estimate of drug-likeness (QED) is 0.621. The van der Waals surface area contributed by atoms with E-state index in [2.05, 4.69) is 54.6 Å². The molecule has 0 radical (unpaired) electrons. The van der Waals surface area contributed by atoms with Gasteiger partial charge in [0.15, 0.2) is 0 Å². The van der Waals surface area contributed by atoms with E-state index in [1.165, 1.54) is 27.8 Å². The van der Waals surface area contributed by atoms with E-state index >= 15 is 0 Å². The Morgan fingerprint density at radius 3 is 2.11 bits per heavy atom. The van der Waals surface area contributed by atoms with Gasteiger partial charge in [-0.25, -0.2) is 0 Å². The van der Waals surface area contributed by atoms with Gasteiger partial charge in [0, 0.05) is 19.2 Å². The van der Waals surface area contributed by atoms with Crippen molar-refractivity contribution in [2.45, 2.75) is 38.5 Å². The van der Waals surface area contributed by atoms with Crippen LogP contribution in [0, 0.1) is 0 Å². The first-order valence-electron chi connectivity index (χ1n) is 10.2. The van der Waals surface area contributed by atoms with Gasteiger partial charge in [-0.3, -0.25) is 4.79 Å². The Hall–Kier alpha value is -2.87. The highest BCUT2D eigenvalue weighted by molar-refractivity contribution is 5.93. The maximum atomic E-state index is 12.9. The van der Waals surface area contributed by atoms with Crippen LogP contribution >= 0.6 is 0 Å². The Morgan fingerprint density at radius 2 is 1.39 bits per heavy atom.